The summed E-state index contributed by atoms with van der Waals surface area (Å²) in [6.45, 7) is 2.58. The average molecular weight is 289 g/mol. The van der Waals surface area contributed by atoms with Crippen molar-refractivity contribution < 1.29 is 9.59 Å². The fraction of sp³-hybridized carbons (Fsp3) is 0.231. The highest BCUT2D eigenvalue weighted by atomic mass is 16.2. The zero-order chi connectivity index (χ0) is 15.2. The molecule has 0 saturated heterocycles. The van der Waals surface area contributed by atoms with Crippen LogP contribution in [0, 0.1) is 6.92 Å². The van der Waals surface area contributed by atoms with Gasteiger partial charge in [-0.25, -0.2) is 0 Å². The van der Waals surface area contributed by atoms with E-state index in [1.54, 1.807) is 10.9 Å². The quantitative estimate of drug-likeness (QED) is 0.667. The summed E-state index contributed by atoms with van der Waals surface area (Å²) < 4.78 is 1.66. The molecule has 21 heavy (non-hydrogen) atoms. The Morgan fingerprint density at radius 3 is 2.81 bits per heavy atom. The van der Waals surface area contributed by atoms with Crippen LogP contribution in [-0.4, -0.2) is 33.1 Å². The number of carbonyl (C=O) groups excluding carboxylic acids is 2. The maximum Gasteiger partial charge on any atom is 0.313 e. The van der Waals surface area contributed by atoms with Gasteiger partial charge in [-0.1, -0.05) is 0 Å². The topological polar surface area (TPSA) is 109 Å². The van der Waals surface area contributed by atoms with Crippen LogP contribution in [0.2, 0.25) is 0 Å². The predicted octanol–water partition coefficient (Wildman–Crippen LogP) is -0.365. The van der Waals surface area contributed by atoms with Gasteiger partial charge in [0.1, 0.15) is 5.69 Å². The number of aryl methyl sites for hydroxylation is 1. The Labute approximate surface area is 120 Å². The Bertz CT molecular complexity index is 704. The third kappa shape index (κ3) is 4.03. The molecular weight excluding hydrogens is 274 g/mol. The van der Waals surface area contributed by atoms with Crippen molar-refractivity contribution in [2.24, 2.45) is 0 Å². The smallest absolute Gasteiger partial charge is 0.313 e. The van der Waals surface area contributed by atoms with Crippen molar-refractivity contribution in [3.8, 4) is 0 Å². The minimum atomic E-state index is -0.886. The van der Waals surface area contributed by atoms with Crippen LogP contribution >= 0.6 is 0 Å². The number of nitrogens with one attached hydrogen (secondary N) is 3. The summed E-state index contributed by atoms with van der Waals surface area (Å²) in [5, 5.41) is 8.85. The van der Waals surface area contributed by atoms with E-state index >= 15 is 0 Å². The van der Waals surface area contributed by atoms with Gasteiger partial charge in [0.25, 0.3) is 0 Å². The second-order valence-corrected chi connectivity index (χ2v) is 4.35. The van der Waals surface area contributed by atoms with Gasteiger partial charge in [0.05, 0.1) is 12.2 Å². The van der Waals surface area contributed by atoms with Crippen molar-refractivity contribution in [3.05, 3.63) is 46.6 Å². The SMILES string of the molecule is Cc1ccn(CCNC(=O)C(=O)Nc2c[nH]ccc2=O)n1. The first-order valence-corrected chi connectivity index (χ1v) is 6.32. The Morgan fingerprint density at radius 2 is 2.14 bits per heavy atom. The molecule has 2 rings (SSSR count). The molecule has 0 aliphatic rings. The van der Waals surface area contributed by atoms with Crippen LogP contribution in [0.3, 0.4) is 0 Å². The molecule has 0 spiro atoms. The highest BCUT2D eigenvalue weighted by molar-refractivity contribution is 6.39. The molecule has 0 radical (unpaired) electrons. The van der Waals surface area contributed by atoms with Crippen LogP contribution in [0.5, 0.6) is 0 Å². The van der Waals surface area contributed by atoms with Crippen LogP contribution in [0.1, 0.15) is 5.69 Å². The first kappa shape index (κ1) is 14.5. The Hall–Kier alpha value is -2.90. The molecule has 2 heterocycles. The van der Waals surface area contributed by atoms with E-state index in [0.717, 1.165) is 5.69 Å². The highest BCUT2D eigenvalue weighted by Gasteiger charge is 2.14. The normalized spacial score (nSPS) is 10.1. The van der Waals surface area contributed by atoms with Crippen molar-refractivity contribution in [1.29, 1.82) is 0 Å². The molecule has 0 fully saturated rings. The second kappa shape index (κ2) is 6.51. The molecule has 3 N–H and O–H groups in total. The van der Waals surface area contributed by atoms with E-state index in [9.17, 15) is 14.4 Å². The minimum Gasteiger partial charge on any atom is -0.366 e. The van der Waals surface area contributed by atoms with Crippen LogP contribution in [0.4, 0.5) is 5.69 Å². The summed E-state index contributed by atoms with van der Waals surface area (Å²) in [6.07, 6.45) is 4.54. The van der Waals surface area contributed by atoms with Crippen molar-refractivity contribution in [2.75, 3.05) is 11.9 Å². The lowest BCUT2D eigenvalue weighted by atomic mass is 10.4. The fourth-order valence-corrected chi connectivity index (χ4v) is 1.64. The van der Waals surface area contributed by atoms with Gasteiger partial charge in [0.15, 0.2) is 0 Å². The van der Waals surface area contributed by atoms with Gasteiger partial charge in [-0.05, 0) is 13.0 Å². The Balaban J connectivity index is 1.81. The monoisotopic (exact) mass is 289 g/mol. The number of carbonyl (C=O) groups is 2. The molecule has 0 atom stereocenters. The molecule has 0 aliphatic carbocycles. The second-order valence-electron chi connectivity index (χ2n) is 4.35. The maximum atomic E-state index is 11.6. The van der Waals surface area contributed by atoms with Gasteiger partial charge in [-0.3, -0.25) is 19.1 Å². The van der Waals surface area contributed by atoms with E-state index in [4.69, 9.17) is 0 Å². The summed E-state index contributed by atoms with van der Waals surface area (Å²) >= 11 is 0. The molecule has 0 saturated carbocycles. The van der Waals surface area contributed by atoms with Gasteiger partial charge in [-0.2, -0.15) is 5.10 Å². The Morgan fingerprint density at radius 1 is 1.33 bits per heavy atom. The van der Waals surface area contributed by atoms with Crippen molar-refractivity contribution in [2.45, 2.75) is 13.5 Å². The van der Waals surface area contributed by atoms with Crippen molar-refractivity contribution >= 4 is 17.5 Å². The van der Waals surface area contributed by atoms with Crippen LogP contribution in [0.15, 0.2) is 35.5 Å². The van der Waals surface area contributed by atoms with E-state index in [1.165, 1.54) is 18.5 Å². The molecule has 0 bridgehead atoms. The number of aromatic nitrogens is 3. The zero-order valence-corrected chi connectivity index (χ0v) is 11.4. The van der Waals surface area contributed by atoms with Crippen molar-refractivity contribution in [1.82, 2.24) is 20.1 Å². The van der Waals surface area contributed by atoms with Gasteiger partial charge < -0.3 is 15.6 Å². The highest BCUT2D eigenvalue weighted by Crippen LogP contribution is 1.95. The predicted molar refractivity (Wildman–Crippen MR) is 75.7 cm³/mol. The number of anilines is 1. The number of rotatable bonds is 4. The lowest BCUT2D eigenvalue weighted by Gasteiger charge is -2.06. The van der Waals surface area contributed by atoms with Gasteiger partial charge in [0.2, 0.25) is 5.43 Å². The number of nitrogens with zero attached hydrogens (tertiary/aromatic N) is 2. The molecule has 2 amide bonds. The van der Waals surface area contributed by atoms with Gasteiger partial charge >= 0.3 is 11.8 Å². The summed E-state index contributed by atoms with van der Waals surface area (Å²) in [5.41, 5.74) is 0.532. The molecule has 8 nitrogen and oxygen atoms in total. The molecule has 0 unspecified atom stereocenters. The van der Waals surface area contributed by atoms with E-state index in [2.05, 4.69) is 20.7 Å². The van der Waals surface area contributed by atoms with Crippen molar-refractivity contribution in [3.63, 3.8) is 0 Å². The molecule has 110 valence electrons. The van der Waals surface area contributed by atoms with E-state index in [0.29, 0.717) is 6.54 Å². The maximum absolute atomic E-state index is 11.6. The third-order valence-electron chi connectivity index (χ3n) is 2.68. The summed E-state index contributed by atoms with van der Waals surface area (Å²) in [5.74, 6) is -1.69. The number of aromatic amines is 1. The Kier molecular flexibility index (Phi) is 4.50. The lowest BCUT2D eigenvalue weighted by Crippen LogP contribution is -2.38. The van der Waals surface area contributed by atoms with Crippen LogP contribution < -0.4 is 16.1 Å². The van der Waals surface area contributed by atoms with Gasteiger partial charge in [-0.15, -0.1) is 0 Å². The molecule has 8 heteroatoms. The molecule has 2 aromatic rings. The molecule has 0 aromatic carbocycles. The van der Waals surface area contributed by atoms with Gasteiger partial charge in [0, 0.05) is 31.2 Å². The fourth-order valence-electron chi connectivity index (χ4n) is 1.64. The lowest BCUT2D eigenvalue weighted by molar-refractivity contribution is -0.136. The first-order chi connectivity index (χ1) is 10.1. The minimum absolute atomic E-state index is 0.0281. The number of H-pyrrole nitrogens is 1. The summed E-state index contributed by atoms with van der Waals surface area (Å²) in [7, 11) is 0. The molecule has 2 aromatic heterocycles. The van der Waals surface area contributed by atoms with E-state index < -0.39 is 11.8 Å². The summed E-state index contributed by atoms with van der Waals surface area (Å²) in [4.78, 5) is 37.3. The van der Waals surface area contributed by atoms with Crippen LogP contribution in [-0.2, 0) is 16.1 Å². The molecule has 0 aliphatic heterocycles. The van der Waals surface area contributed by atoms with Crippen LogP contribution in [0.25, 0.3) is 0 Å². The third-order valence-corrected chi connectivity index (χ3v) is 2.68. The number of pyridine rings is 1. The number of amides is 2. The molecular formula is C13H15N5O3. The number of hydrogen-bond donors (Lipinski definition) is 3. The number of hydrogen-bond acceptors (Lipinski definition) is 4. The average Bonchev–Trinajstić information content (AvgIpc) is 2.87. The first-order valence-electron chi connectivity index (χ1n) is 6.32. The zero-order valence-electron chi connectivity index (χ0n) is 11.4. The largest absolute Gasteiger partial charge is 0.366 e. The summed E-state index contributed by atoms with van der Waals surface area (Å²) in [6, 6.07) is 3.10. The van der Waals surface area contributed by atoms with E-state index in [-0.39, 0.29) is 17.7 Å². The van der Waals surface area contributed by atoms with E-state index in [1.807, 2.05) is 13.0 Å². The standard InChI is InChI=1S/C13H15N5O3/c1-9-3-6-18(17-9)7-5-15-12(20)13(21)16-10-8-14-4-2-11(10)19/h2-4,6,8H,5,7H2,1H3,(H,14,19)(H,15,20)(H,16,21).